The first-order valence-electron chi connectivity index (χ1n) is 6.71. The summed E-state index contributed by atoms with van der Waals surface area (Å²) in [6, 6.07) is 3.02. The highest BCUT2D eigenvalue weighted by atomic mass is 19.4. The number of aliphatic hydroxyl groups is 1. The van der Waals surface area contributed by atoms with Gasteiger partial charge in [0.1, 0.15) is 5.82 Å². The van der Waals surface area contributed by atoms with Crippen LogP contribution in [0.2, 0.25) is 0 Å². The Morgan fingerprint density at radius 1 is 1.39 bits per heavy atom. The highest BCUT2D eigenvalue weighted by Crippen LogP contribution is 2.40. The van der Waals surface area contributed by atoms with Crippen molar-refractivity contribution < 1.29 is 23.1 Å². The van der Waals surface area contributed by atoms with Crippen LogP contribution in [-0.4, -0.2) is 38.3 Å². The number of hydrogen-bond acceptors (Lipinski definition) is 4. The Balaban J connectivity index is 2.09. The van der Waals surface area contributed by atoms with Gasteiger partial charge in [0, 0.05) is 44.8 Å². The van der Waals surface area contributed by atoms with Gasteiger partial charge in [-0.3, -0.25) is 9.78 Å². The normalized spacial score (nSPS) is 14.3. The molecule has 0 aliphatic carbocycles. The zero-order valence-electron chi connectivity index (χ0n) is 12.2. The second-order valence-corrected chi connectivity index (χ2v) is 4.97. The van der Waals surface area contributed by atoms with Crippen LogP contribution in [0.4, 0.5) is 13.2 Å². The van der Waals surface area contributed by atoms with Crippen molar-refractivity contribution in [2.45, 2.75) is 18.2 Å². The molecule has 23 heavy (non-hydrogen) atoms. The highest BCUT2D eigenvalue weighted by Gasteiger charge is 2.57. The van der Waals surface area contributed by atoms with Gasteiger partial charge in [-0.15, -0.1) is 0 Å². The van der Waals surface area contributed by atoms with Crippen LogP contribution in [0.25, 0.3) is 0 Å². The summed E-state index contributed by atoms with van der Waals surface area (Å²) in [5, 5.41) is 12.4. The van der Waals surface area contributed by atoms with Crippen LogP contribution in [0.3, 0.4) is 0 Å². The van der Waals surface area contributed by atoms with Crippen LogP contribution in [0.1, 0.15) is 22.6 Å². The molecule has 0 saturated heterocycles. The van der Waals surface area contributed by atoms with Gasteiger partial charge in [-0.2, -0.15) is 13.2 Å². The summed E-state index contributed by atoms with van der Waals surface area (Å²) in [4.78, 5) is 19.1. The van der Waals surface area contributed by atoms with Crippen LogP contribution < -0.4 is 5.32 Å². The van der Waals surface area contributed by atoms with Crippen molar-refractivity contribution in [3.05, 3.63) is 48.3 Å². The van der Waals surface area contributed by atoms with Crippen molar-refractivity contribution in [2.75, 3.05) is 6.54 Å². The van der Waals surface area contributed by atoms with Gasteiger partial charge >= 0.3 is 6.18 Å². The van der Waals surface area contributed by atoms with E-state index < -0.39 is 29.9 Å². The highest BCUT2D eigenvalue weighted by molar-refractivity contribution is 5.93. The molecule has 1 atom stereocenters. The molecule has 2 aromatic rings. The quantitative estimate of drug-likeness (QED) is 0.869. The lowest BCUT2D eigenvalue weighted by molar-refractivity contribution is -0.272. The standard InChI is InChI=1S/C14H15F3N4O2/c1-21-8-7-20-12(21)13(23,14(15,16)17)4-6-19-11(22)10-3-2-5-18-9-10/h2-3,5,7-9,23H,4,6H2,1H3,(H,19,22). The predicted octanol–water partition coefficient (Wildman–Crippen LogP) is 1.39. The fourth-order valence-corrected chi connectivity index (χ4v) is 2.10. The Bertz CT molecular complexity index is 672. The maximum absolute atomic E-state index is 13.3. The molecular weight excluding hydrogens is 313 g/mol. The summed E-state index contributed by atoms with van der Waals surface area (Å²) < 4.78 is 40.9. The molecule has 2 rings (SSSR count). The molecule has 124 valence electrons. The van der Waals surface area contributed by atoms with Crippen LogP contribution in [-0.2, 0) is 12.6 Å². The number of nitrogens with zero attached hydrogens (tertiary/aromatic N) is 3. The number of imidazole rings is 1. The van der Waals surface area contributed by atoms with E-state index in [2.05, 4.69) is 15.3 Å². The van der Waals surface area contributed by atoms with Gasteiger partial charge in [0.15, 0.2) is 0 Å². The number of hydrogen-bond donors (Lipinski definition) is 2. The third-order valence-corrected chi connectivity index (χ3v) is 3.36. The van der Waals surface area contributed by atoms with Gasteiger partial charge in [0.05, 0.1) is 5.56 Å². The molecule has 2 heterocycles. The van der Waals surface area contributed by atoms with Gasteiger partial charge in [-0.25, -0.2) is 4.98 Å². The second kappa shape index (κ2) is 6.37. The van der Waals surface area contributed by atoms with E-state index in [9.17, 15) is 23.1 Å². The van der Waals surface area contributed by atoms with Gasteiger partial charge < -0.3 is 15.0 Å². The molecule has 0 radical (unpaired) electrons. The summed E-state index contributed by atoms with van der Waals surface area (Å²) in [6.45, 7) is -0.378. The van der Waals surface area contributed by atoms with E-state index in [-0.39, 0.29) is 12.1 Å². The zero-order valence-corrected chi connectivity index (χ0v) is 12.2. The molecule has 2 N–H and O–H groups in total. The first-order valence-corrected chi connectivity index (χ1v) is 6.71. The number of amides is 1. The third kappa shape index (κ3) is 3.50. The number of nitrogens with one attached hydrogen (secondary N) is 1. The number of carbonyl (C=O) groups excluding carboxylic acids is 1. The second-order valence-electron chi connectivity index (χ2n) is 4.97. The minimum Gasteiger partial charge on any atom is -0.374 e. The molecule has 0 bridgehead atoms. The number of aryl methyl sites for hydroxylation is 1. The maximum Gasteiger partial charge on any atom is 0.424 e. The molecule has 2 aromatic heterocycles. The van der Waals surface area contributed by atoms with E-state index in [1.54, 1.807) is 0 Å². The Kier molecular flexibility index (Phi) is 4.69. The Labute approximate surface area is 130 Å². The van der Waals surface area contributed by atoms with Gasteiger partial charge in [0.2, 0.25) is 5.60 Å². The van der Waals surface area contributed by atoms with Crippen molar-refractivity contribution in [1.82, 2.24) is 19.9 Å². The van der Waals surface area contributed by atoms with E-state index in [1.165, 1.54) is 44.0 Å². The number of aromatic nitrogens is 3. The van der Waals surface area contributed by atoms with E-state index >= 15 is 0 Å². The molecular formula is C14H15F3N4O2. The number of pyridine rings is 1. The predicted molar refractivity (Wildman–Crippen MR) is 74.3 cm³/mol. The molecule has 0 spiro atoms. The van der Waals surface area contributed by atoms with Crippen LogP contribution in [0, 0.1) is 0 Å². The Morgan fingerprint density at radius 2 is 2.13 bits per heavy atom. The van der Waals surface area contributed by atoms with Crippen molar-refractivity contribution in [3.63, 3.8) is 0 Å². The third-order valence-electron chi connectivity index (χ3n) is 3.36. The average molecular weight is 328 g/mol. The van der Waals surface area contributed by atoms with E-state index in [0.29, 0.717) is 0 Å². The minimum atomic E-state index is -4.93. The van der Waals surface area contributed by atoms with Crippen LogP contribution in [0.5, 0.6) is 0 Å². The average Bonchev–Trinajstić information content (AvgIpc) is 2.93. The van der Waals surface area contributed by atoms with Gasteiger partial charge in [-0.05, 0) is 12.1 Å². The van der Waals surface area contributed by atoms with Crippen molar-refractivity contribution in [3.8, 4) is 0 Å². The van der Waals surface area contributed by atoms with E-state index in [4.69, 9.17) is 0 Å². The number of alkyl halides is 3. The van der Waals surface area contributed by atoms with Crippen LogP contribution >= 0.6 is 0 Å². The van der Waals surface area contributed by atoms with E-state index in [0.717, 1.165) is 4.57 Å². The molecule has 0 fully saturated rings. The molecule has 9 heteroatoms. The van der Waals surface area contributed by atoms with Crippen molar-refractivity contribution >= 4 is 5.91 Å². The summed E-state index contributed by atoms with van der Waals surface area (Å²) >= 11 is 0. The van der Waals surface area contributed by atoms with E-state index in [1.807, 2.05) is 0 Å². The molecule has 1 amide bonds. The van der Waals surface area contributed by atoms with Crippen molar-refractivity contribution in [2.24, 2.45) is 7.05 Å². The van der Waals surface area contributed by atoms with Crippen molar-refractivity contribution in [1.29, 1.82) is 0 Å². The molecule has 6 nitrogen and oxygen atoms in total. The molecule has 0 aliphatic heterocycles. The number of carbonyl (C=O) groups is 1. The molecule has 0 aromatic carbocycles. The smallest absolute Gasteiger partial charge is 0.374 e. The molecule has 0 aliphatic rings. The van der Waals surface area contributed by atoms with Gasteiger partial charge in [-0.1, -0.05) is 0 Å². The largest absolute Gasteiger partial charge is 0.424 e. The molecule has 1 unspecified atom stereocenters. The lowest BCUT2D eigenvalue weighted by atomic mass is 9.97. The monoisotopic (exact) mass is 328 g/mol. The fourth-order valence-electron chi connectivity index (χ4n) is 2.10. The van der Waals surface area contributed by atoms with Gasteiger partial charge in [0.25, 0.3) is 5.91 Å². The summed E-state index contributed by atoms with van der Waals surface area (Å²) in [7, 11) is 1.35. The fraction of sp³-hybridized carbons (Fsp3) is 0.357. The summed E-state index contributed by atoms with van der Waals surface area (Å²) in [5.74, 6) is -1.09. The minimum absolute atomic E-state index is 0.222. The van der Waals surface area contributed by atoms with Crippen LogP contribution in [0.15, 0.2) is 36.9 Å². The summed E-state index contributed by atoms with van der Waals surface area (Å²) in [6.07, 6.45) is -0.441. The topological polar surface area (TPSA) is 80.0 Å². The molecule has 0 saturated carbocycles. The Hall–Kier alpha value is -2.42. The lowest BCUT2D eigenvalue weighted by Gasteiger charge is -2.29. The maximum atomic E-state index is 13.3. The number of rotatable bonds is 5. The lowest BCUT2D eigenvalue weighted by Crippen LogP contribution is -2.46. The summed E-state index contributed by atoms with van der Waals surface area (Å²) in [5.41, 5.74) is -2.92. The first kappa shape index (κ1) is 16.9. The SMILES string of the molecule is Cn1ccnc1C(O)(CCNC(=O)c1cccnc1)C(F)(F)F. The first-order chi connectivity index (χ1) is 10.8. The Morgan fingerprint density at radius 3 is 2.65 bits per heavy atom. The zero-order chi connectivity index (χ0) is 17.1. The number of halogens is 3.